The van der Waals surface area contributed by atoms with Gasteiger partial charge in [-0.2, -0.15) is 5.10 Å². The number of primary amides is 1. The number of allylic oxidation sites excluding steroid dienone is 2. The van der Waals surface area contributed by atoms with E-state index in [0.717, 1.165) is 5.69 Å². The number of nitrogens with one attached hydrogen (secondary N) is 2. The highest BCUT2D eigenvalue weighted by atomic mass is 16.3. The molecule has 12 nitrogen and oxygen atoms in total. The molecule has 0 aliphatic heterocycles. The van der Waals surface area contributed by atoms with E-state index in [1.165, 1.54) is 6.92 Å². The Morgan fingerprint density at radius 1 is 1.23 bits per heavy atom. The molecule has 0 saturated heterocycles. The Hall–Kier alpha value is -4.32. The van der Waals surface area contributed by atoms with Crippen LogP contribution in [0.15, 0.2) is 41.0 Å². The minimum Gasteiger partial charge on any atom is -0.511 e. The zero-order valence-electron chi connectivity index (χ0n) is 23.1. The summed E-state index contributed by atoms with van der Waals surface area (Å²) in [6.07, 6.45) is 2.27. The molecular weight excluding hydrogens is 516 g/mol. The molecule has 1 aromatic heterocycles. The maximum Gasteiger partial charge on any atom is 0.255 e. The molecule has 5 rings (SSSR count). The lowest BCUT2D eigenvalue weighted by molar-refractivity contribution is -0.134. The molecule has 0 radical (unpaired) electrons. The molecule has 0 spiro atoms. The van der Waals surface area contributed by atoms with Crippen molar-refractivity contribution in [3.05, 3.63) is 57.8 Å². The third-order valence-electron chi connectivity index (χ3n) is 8.66. The fourth-order valence-electron chi connectivity index (χ4n) is 6.70. The summed E-state index contributed by atoms with van der Waals surface area (Å²) in [5, 5.41) is 44.0. The second kappa shape index (κ2) is 9.40. The molecule has 1 heterocycles. The lowest BCUT2D eigenvalue weighted by Crippen LogP contribution is -2.58. The third-order valence-corrected chi connectivity index (χ3v) is 8.66. The van der Waals surface area contributed by atoms with E-state index in [1.54, 1.807) is 37.3 Å². The number of aromatic nitrogens is 2. The molecule has 0 unspecified atom stereocenters. The molecule has 7 N–H and O–H groups in total. The summed E-state index contributed by atoms with van der Waals surface area (Å²) in [5.41, 5.74) is 5.70. The number of nitrogens with zero attached hydrogens (tertiary/aromatic N) is 3. The Morgan fingerprint density at radius 3 is 2.50 bits per heavy atom. The van der Waals surface area contributed by atoms with E-state index < -0.39 is 57.9 Å². The van der Waals surface area contributed by atoms with Crippen LogP contribution in [0.5, 0.6) is 5.75 Å². The van der Waals surface area contributed by atoms with Gasteiger partial charge in [0.05, 0.1) is 34.9 Å². The van der Waals surface area contributed by atoms with Crippen molar-refractivity contribution in [3.8, 4) is 5.75 Å². The molecule has 212 valence electrons. The number of fused-ring (bicyclic) bond motifs is 3. The van der Waals surface area contributed by atoms with E-state index in [9.17, 15) is 29.7 Å². The molecule has 1 amide bonds. The zero-order valence-corrected chi connectivity index (χ0v) is 23.1. The number of aromatic hydroxyl groups is 1. The number of Topliss-reactive ketones (excluding diaryl/α,β-unsaturated/α-hetero) is 2. The van der Waals surface area contributed by atoms with Crippen LogP contribution >= 0.6 is 0 Å². The predicted molar refractivity (Wildman–Crippen MR) is 147 cm³/mol. The van der Waals surface area contributed by atoms with Gasteiger partial charge in [0.25, 0.3) is 5.91 Å². The number of phenolic OH excluding ortho intramolecular Hbond substituents is 1. The number of aliphatic hydroxyl groups excluding tert-OH is 2. The van der Waals surface area contributed by atoms with Crippen LogP contribution in [0, 0.1) is 17.3 Å². The highest BCUT2D eigenvalue weighted by molar-refractivity contribution is 6.23. The topological polar surface area (TPSA) is 185 Å². The average molecular weight is 551 g/mol. The Kier molecular flexibility index (Phi) is 6.41. The summed E-state index contributed by atoms with van der Waals surface area (Å²) in [7, 11) is 7.08. The van der Waals surface area contributed by atoms with Crippen LogP contribution in [0.1, 0.15) is 35.0 Å². The Labute approximate surface area is 231 Å². The molecule has 1 aromatic carbocycles. The van der Waals surface area contributed by atoms with Crippen LogP contribution in [0.4, 0.5) is 11.4 Å². The second-order valence-corrected chi connectivity index (χ2v) is 11.4. The second-order valence-electron chi connectivity index (χ2n) is 11.4. The number of anilines is 2. The number of hydrogen-bond acceptors (Lipinski definition) is 10. The largest absolute Gasteiger partial charge is 0.511 e. The maximum atomic E-state index is 14.1. The number of phenols is 1. The Balaban J connectivity index is 1.67. The number of carbonyl (C=O) groups excluding carboxylic acids is 3. The smallest absolute Gasteiger partial charge is 0.255 e. The summed E-state index contributed by atoms with van der Waals surface area (Å²) in [6.45, 7) is 1.78. The van der Waals surface area contributed by atoms with Gasteiger partial charge in [-0.1, -0.05) is 0 Å². The van der Waals surface area contributed by atoms with Crippen molar-refractivity contribution in [2.75, 3.05) is 38.4 Å². The fourth-order valence-corrected chi connectivity index (χ4v) is 6.70. The number of rotatable bonds is 6. The zero-order chi connectivity index (χ0) is 29.3. The molecule has 12 heteroatoms. The van der Waals surface area contributed by atoms with Crippen molar-refractivity contribution >= 4 is 28.8 Å². The molecule has 0 fully saturated rings. The predicted octanol–water partition coefficient (Wildman–Crippen LogP) is 1.80. The van der Waals surface area contributed by atoms with Crippen LogP contribution in [-0.4, -0.2) is 82.1 Å². The molecule has 3 aliphatic carbocycles. The van der Waals surface area contributed by atoms with Crippen molar-refractivity contribution < 1.29 is 29.7 Å². The first-order chi connectivity index (χ1) is 18.8. The number of benzene rings is 1. The molecule has 4 atom stereocenters. The summed E-state index contributed by atoms with van der Waals surface area (Å²) >= 11 is 0. The van der Waals surface area contributed by atoms with E-state index in [-0.39, 0.29) is 23.3 Å². The van der Waals surface area contributed by atoms with E-state index in [2.05, 4.69) is 15.5 Å². The number of aromatic amines is 1. The normalized spacial score (nSPS) is 26.0. The van der Waals surface area contributed by atoms with E-state index >= 15 is 0 Å². The van der Waals surface area contributed by atoms with Crippen LogP contribution in [0.3, 0.4) is 0 Å². The van der Waals surface area contributed by atoms with Gasteiger partial charge in [-0.3, -0.25) is 24.4 Å². The van der Waals surface area contributed by atoms with Gasteiger partial charge in [0.15, 0.2) is 11.6 Å². The number of carbonyl (C=O) groups is 3. The van der Waals surface area contributed by atoms with Gasteiger partial charge in [0.1, 0.15) is 22.8 Å². The lowest BCUT2D eigenvalue weighted by atomic mass is 9.54. The number of nitrogens with two attached hydrogens (primary N) is 1. The first kappa shape index (κ1) is 27.3. The standard InChI is InChI=1S/C28H34N6O6/c1-28-15(21(34(4)5)24(37)20(26(28)39)27(29)40)9-12-8-14-17(33(2)3)10-16(30-11-13-6-7-31-32-13)22(35)19(14)23(36)18(12)25(28)38/h6-7,10,12,15,21,30,35,37-38H,8-9,11H2,1-5H3,(H2,29,40)(H,31,32)/t12-,15-,21+,28-/m1/s1. The SMILES string of the molecule is CN(C)c1cc(NCc2cc[nH]n2)c(O)c2c1C[C@@H]1C[C@@H]3[C@H](N(C)C)C(O)=C(C(N)=O)C(=O)[C@@]3(C)C(O)=C1C2=O. The Morgan fingerprint density at radius 2 is 1.93 bits per heavy atom. The number of ketones is 2. The Bertz CT molecular complexity index is 1490. The van der Waals surface area contributed by atoms with Crippen molar-refractivity contribution in [2.24, 2.45) is 23.0 Å². The third kappa shape index (κ3) is 3.77. The van der Waals surface area contributed by atoms with E-state index in [0.29, 0.717) is 29.9 Å². The van der Waals surface area contributed by atoms with Gasteiger partial charge in [0, 0.05) is 37.5 Å². The number of aliphatic hydroxyl groups is 2. The lowest BCUT2D eigenvalue weighted by Gasteiger charge is -2.51. The van der Waals surface area contributed by atoms with Crippen molar-refractivity contribution in [1.29, 1.82) is 0 Å². The van der Waals surface area contributed by atoms with Crippen LogP contribution in [0.25, 0.3) is 0 Å². The van der Waals surface area contributed by atoms with Gasteiger partial charge in [-0.15, -0.1) is 0 Å². The minimum atomic E-state index is -1.68. The molecular formula is C28H34N6O6. The van der Waals surface area contributed by atoms with Crippen LogP contribution < -0.4 is 16.0 Å². The van der Waals surface area contributed by atoms with Crippen LogP contribution in [-0.2, 0) is 22.6 Å². The van der Waals surface area contributed by atoms with Gasteiger partial charge in [-0.25, -0.2) is 0 Å². The summed E-state index contributed by atoms with van der Waals surface area (Å²) < 4.78 is 0. The van der Waals surface area contributed by atoms with Crippen molar-refractivity contribution in [2.45, 2.75) is 32.4 Å². The highest BCUT2D eigenvalue weighted by Gasteiger charge is 2.61. The monoisotopic (exact) mass is 550 g/mol. The first-order valence-electron chi connectivity index (χ1n) is 13.0. The van der Waals surface area contributed by atoms with Crippen LogP contribution in [0.2, 0.25) is 0 Å². The van der Waals surface area contributed by atoms with Gasteiger partial charge >= 0.3 is 0 Å². The van der Waals surface area contributed by atoms with Gasteiger partial charge in [0.2, 0.25) is 0 Å². The number of likely N-dealkylation sites (N-methyl/N-ethyl adjacent to an activating group) is 1. The summed E-state index contributed by atoms with van der Waals surface area (Å²) in [4.78, 5) is 43.6. The molecule has 0 bridgehead atoms. The quantitative estimate of drug-likeness (QED) is 0.229. The first-order valence-corrected chi connectivity index (χ1v) is 13.0. The van der Waals surface area contributed by atoms with Gasteiger partial charge in [-0.05, 0) is 57.5 Å². The van der Waals surface area contributed by atoms with Gasteiger partial charge < -0.3 is 31.3 Å². The van der Waals surface area contributed by atoms with E-state index in [1.807, 2.05) is 19.0 Å². The number of H-pyrrole nitrogens is 1. The molecule has 0 saturated carbocycles. The number of amides is 1. The fraction of sp³-hybridized carbons (Fsp3) is 0.429. The average Bonchev–Trinajstić information content (AvgIpc) is 3.39. The molecule has 2 aromatic rings. The molecule has 3 aliphatic rings. The minimum absolute atomic E-state index is 0.0340. The van der Waals surface area contributed by atoms with Crippen molar-refractivity contribution in [3.63, 3.8) is 0 Å². The summed E-state index contributed by atoms with van der Waals surface area (Å²) in [6, 6.07) is 2.76. The van der Waals surface area contributed by atoms with E-state index in [4.69, 9.17) is 5.73 Å². The molecule has 40 heavy (non-hydrogen) atoms. The highest BCUT2D eigenvalue weighted by Crippen LogP contribution is 2.57. The van der Waals surface area contributed by atoms with Crippen molar-refractivity contribution in [1.82, 2.24) is 15.1 Å². The number of hydrogen-bond donors (Lipinski definition) is 6. The summed E-state index contributed by atoms with van der Waals surface area (Å²) in [5.74, 6) is -4.78. The maximum absolute atomic E-state index is 14.1.